The van der Waals surface area contributed by atoms with Crippen LogP contribution in [0.5, 0.6) is 5.88 Å². The summed E-state index contributed by atoms with van der Waals surface area (Å²) in [5.74, 6) is -2.71. The Kier molecular flexibility index (Phi) is 8.27. The Bertz CT molecular complexity index is 1120. The van der Waals surface area contributed by atoms with Crippen LogP contribution in [0, 0.1) is 11.7 Å². The molecular formula is C27H32F5N3O3. The molecule has 1 saturated carbocycles. The summed E-state index contributed by atoms with van der Waals surface area (Å²) in [4.78, 5) is 16.0. The van der Waals surface area contributed by atoms with Crippen molar-refractivity contribution in [3.8, 4) is 5.88 Å². The Morgan fingerprint density at radius 3 is 2.53 bits per heavy atom. The minimum atomic E-state index is -4.70. The molecule has 1 aliphatic carbocycles. The average Bonchev–Trinajstić information content (AvgIpc) is 2.84. The maximum absolute atomic E-state index is 14.8. The number of hydrogen-bond donors (Lipinski definition) is 3. The number of hydrogen-bond acceptors (Lipinski definition) is 5. The number of rotatable bonds is 9. The van der Waals surface area contributed by atoms with E-state index in [1.165, 1.54) is 25.1 Å². The third-order valence-electron chi connectivity index (χ3n) is 7.50. The molecule has 0 radical (unpaired) electrons. The first-order chi connectivity index (χ1) is 17.9. The van der Waals surface area contributed by atoms with Gasteiger partial charge in [0.15, 0.2) is 0 Å². The summed E-state index contributed by atoms with van der Waals surface area (Å²) in [5.41, 5.74) is 0.486. The molecule has 1 amide bonds. The van der Waals surface area contributed by atoms with Crippen LogP contribution in [-0.2, 0) is 11.2 Å². The van der Waals surface area contributed by atoms with Crippen LogP contribution in [0.3, 0.4) is 0 Å². The fourth-order valence-electron chi connectivity index (χ4n) is 5.04. The maximum Gasteiger partial charge on any atom is 0.394 e. The van der Waals surface area contributed by atoms with Gasteiger partial charge in [-0.25, -0.2) is 13.8 Å². The van der Waals surface area contributed by atoms with E-state index >= 15 is 0 Å². The lowest BCUT2D eigenvalue weighted by atomic mass is 9.73. The lowest BCUT2D eigenvalue weighted by Crippen LogP contribution is -2.52. The van der Waals surface area contributed by atoms with Gasteiger partial charge >= 0.3 is 6.18 Å². The first-order valence-corrected chi connectivity index (χ1v) is 12.7. The summed E-state index contributed by atoms with van der Waals surface area (Å²) in [7, 11) is 0. The van der Waals surface area contributed by atoms with Gasteiger partial charge in [0.25, 0.3) is 0 Å². The second kappa shape index (κ2) is 11.1. The van der Waals surface area contributed by atoms with Crippen LogP contribution in [-0.4, -0.2) is 46.5 Å². The summed E-state index contributed by atoms with van der Waals surface area (Å²) >= 11 is 0. The molecule has 2 aromatic rings. The number of aliphatic hydroxyl groups excluding tert-OH is 1. The van der Waals surface area contributed by atoms with Crippen molar-refractivity contribution in [1.29, 1.82) is 0 Å². The van der Waals surface area contributed by atoms with Crippen molar-refractivity contribution < 1.29 is 36.6 Å². The number of fused-ring (bicyclic) bond motifs is 1. The van der Waals surface area contributed by atoms with Crippen molar-refractivity contribution >= 4 is 5.91 Å². The van der Waals surface area contributed by atoms with E-state index in [0.29, 0.717) is 12.0 Å². The number of pyridine rings is 1. The highest BCUT2D eigenvalue weighted by atomic mass is 19.4. The Balaban J connectivity index is 1.52. The number of ether oxygens (including phenoxy) is 1. The van der Waals surface area contributed by atoms with E-state index in [1.54, 1.807) is 12.1 Å². The quantitative estimate of drug-likeness (QED) is 0.395. The van der Waals surface area contributed by atoms with E-state index in [9.17, 15) is 31.9 Å². The van der Waals surface area contributed by atoms with Crippen molar-refractivity contribution in [2.45, 2.75) is 82.1 Å². The van der Waals surface area contributed by atoms with Crippen LogP contribution in [0.4, 0.5) is 22.0 Å². The Labute approximate surface area is 218 Å². The van der Waals surface area contributed by atoms with Crippen LogP contribution >= 0.6 is 0 Å². The SMILES string of the molecule is CC(=O)N[C@@H](Cc1ccc(F)cc1)[C@@H](O)CN[C@H]1CC2(CCC2)Oc2ncc(C(F)C(C)C(F)(F)F)cc21. The lowest BCUT2D eigenvalue weighted by molar-refractivity contribution is -0.186. The molecule has 3 N–H and O–H groups in total. The first-order valence-electron chi connectivity index (χ1n) is 12.7. The molecule has 11 heteroatoms. The molecule has 2 unspecified atom stereocenters. The summed E-state index contributed by atoms with van der Waals surface area (Å²) in [6.07, 6.45) is -3.70. The predicted octanol–water partition coefficient (Wildman–Crippen LogP) is 4.87. The number of amides is 1. The van der Waals surface area contributed by atoms with E-state index in [1.807, 2.05) is 0 Å². The number of carbonyl (C=O) groups is 1. The predicted molar refractivity (Wildman–Crippen MR) is 130 cm³/mol. The largest absolute Gasteiger partial charge is 0.471 e. The Morgan fingerprint density at radius 2 is 1.95 bits per heavy atom. The number of aliphatic hydroxyl groups is 1. The molecular weight excluding hydrogens is 509 g/mol. The Hall–Kier alpha value is -2.79. The summed E-state index contributed by atoms with van der Waals surface area (Å²) < 4.78 is 73.6. The van der Waals surface area contributed by atoms with Crippen molar-refractivity contribution in [2.24, 2.45) is 5.92 Å². The van der Waals surface area contributed by atoms with Gasteiger partial charge in [-0.15, -0.1) is 0 Å². The number of alkyl halides is 4. The standard InChI is InChI=1S/C27H32F5N3O3/c1-15(27(30,31)32)24(29)18-11-20-22(12-26(8-3-9-26)38-25(20)34-13-18)33-14-23(37)21(35-16(2)36)10-17-4-6-19(28)7-5-17/h4-7,11,13,15,21-24,33,37H,3,8-10,12,14H2,1-2H3,(H,35,36)/t15?,21-,22-,23-,24?/m0/s1. The third-order valence-corrected chi connectivity index (χ3v) is 7.50. The zero-order valence-corrected chi connectivity index (χ0v) is 21.2. The topological polar surface area (TPSA) is 83.5 Å². The van der Waals surface area contributed by atoms with Gasteiger partial charge in [-0.1, -0.05) is 19.1 Å². The Morgan fingerprint density at radius 1 is 1.26 bits per heavy atom. The molecule has 38 heavy (non-hydrogen) atoms. The molecule has 0 bridgehead atoms. The molecule has 208 valence electrons. The zero-order valence-electron chi connectivity index (χ0n) is 21.2. The monoisotopic (exact) mass is 541 g/mol. The summed E-state index contributed by atoms with van der Waals surface area (Å²) in [5, 5.41) is 16.9. The van der Waals surface area contributed by atoms with Gasteiger partial charge < -0.3 is 20.5 Å². The van der Waals surface area contributed by atoms with Crippen molar-refractivity contribution in [3.63, 3.8) is 0 Å². The van der Waals surface area contributed by atoms with E-state index in [-0.39, 0.29) is 30.3 Å². The average molecular weight is 542 g/mol. The third kappa shape index (κ3) is 6.43. The number of carbonyl (C=O) groups excluding carboxylic acids is 1. The molecule has 4 rings (SSSR count). The highest BCUT2D eigenvalue weighted by molar-refractivity contribution is 5.73. The zero-order chi connectivity index (χ0) is 27.7. The number of halogens is 5. The molecule has 5 atom stereocenters. The van der Waals surface area contributed by atoms with Gasteiger partial charge in [0.05, 0.1) is 18.1 Å². The highest BCUT2D eigenvalue weighted by Crippen LogP contribution is 2.49. The molecule has 6 nitrogen and oxygen atoms in total. The van der Waals surface area contributed by atoms with Gasteiger partial charge in [0, 0.05) is 43.3 Å². The van der Waals surface area contributed by atoms with Gasteiger partial charge in [-0.3, -0.25) is 4.79 Å². The highest BCUT2D eigenvalue weighted by Gasteiger charge is 2.47. The number of benzene rings is 1. The lowest BCUT2D eigenvalue weighted by Gasteiger charge is -2.47. The van der Waals surface area contributed by atoms with Crippen LogP contribution in [0.1, 0.15) is 68.4 Å². The first kappa shape index (κ1) is 28.2. The van der Waals surface area contributed by atoms with Gasteiger partial charge in [0.2, 0.25) is 11.8 Å². The molecule has 1 spiro atoms. The maximum atomic E-state index is 14.8. The van der Waals surface area contributed by atoms with Crippen LogP contribution in [0.15, 0.2) is 36.5 Å². The van der Waals surface area contributed by atoms with E-state index in [2.05, 4.69) is 15.6 Å². The van der Waals surface area contributed by atoms with Crippen LogP contribution in [0.2, 0.25) is 0 Å². The minimum absolute atomic E-state index is 0.0224. The number of nitrogens with zero attached hydrogens (tertiary/aromatic N) is 1. The molecule has 2 aliphatic rings. The summed E-state index contributed by atoms with van der Waals surface area (Å²) in [6, 6.07) is 5.94. The van der Waals surface area contributed by atoms with Crippen molar-refractivity contribution in [3.05, 3.63) is 59.0 Å². The molecule has 0 saturated heterocycles. The van der Waals surface area contributed by atoms with Crippen LogP contribution in [0.25, 0.3) is 0 Å². The van der Waals surface area contributed by atoms with Gasteiger partial charge in [0.1, 0.15) is 17.6 Å². The molecule has 1 aromatic heterocycles. The normalized spacial score (nSPS) is 21.4. The van der Waals surface area contributed by atoms with Crippen molar-refractivity contribution in [2.75, 3.05) is 6.54 Å². The smallest absolute Gasteiger partial charge is 0.394 e. The second-order valence-corrected chi connectivity index (χ2v) is 10.4. The van der Waals surface area contributed by atoms with Gasteiger partial charge in [-0.2, -0.15) is 13.2 Å². The molecule has 2 heterocycles. The molecule has 1 fully saturated rings. The fraction of sp³-hybridized carbons (Fsp3) is 0.556. The number of nitrogens with one attached hydrogen (secondary N) is 2. The van der Waals surface area contributed by atoms with E-state index < -0.39 is 47.9 Å². The van der Waals surface area contributed by atoms with Crippen LogP contribution < -0.4 is 15.4 Å². The van der Waals surface area contributed by atoms with Gasteiger partial charge in [-0.05, 0) is 49.4 Å². The van der Waals surface area contributed by atoms with E-state index in [0.717, 1.165) is 37.9 Å². The molecule has 1 aliphatic heterocycles. The minimum Gasteiger partial charge on any atom is -0.471 e. The second-order valence-electron chi connectivity index (χ2n) is 10.4. The molecule has 1 aromatic carbocycles. The van der Waals surface area contributed by atoms with Crippen molar-refractivity contribution in [1.82, 2.24) is 15.6 Å². The summed E-state index contributed by atoms with van der Waals surface area (Å²) in [6.45, 7) is 2.14. The van der Waals surface area contributed by atoms with E-state index in [4.69, 9.17) is 4.74 Å². The number of aromatic nitrogens is 1. The fourth-order valence-corrected chi connectivity index (χ4v) is 5.04.